The van der Waals surface area contributed by atoms with E-state index < -0.39 is 5.97 Å². The van der Waals surface area contributed by atoms with Crippen molar-refractivity contribution in [2.75, 3.05) is 6.61 Å². The quantitative estimate of drug-likeness (QED) is 0.466. The fraction of sp³-hybridized carbons (Fsp3) is 0.222. The molecule has 0 saturated carbocycles. The highest BCUT2D eigenvalue weighted by Crippen LogP contribution is 2.03. The molecule has 0 aliphatic carbocycles. The van der Waals surface area contributed by atoms with Crippen molar-refractivity contribution in [1.82, 2.24) is 19.9 Å². The van der Waals surface area contributed by atoms with E-state index in [0.717, 1.165) is 5.59 Å². The van der Waals surface area contributed by atoms with Gasteiger partial charge in [0.1, 0.15) is 5.52 Å². The van der Waals surface area contributed by atoms with Gasteiger partial charge in [0.05, 0.1) is 12.8 Å². The molecule has 0 unspecified atom stereocenters. The molecule has 16 heavy (non-hydrogen) atoms. The Balaban J connectivity index is 2.46. The third-order valence-electron chi connectivity index (χ3n) is 1.88. The van der Waals surface area contributed by atoms with E-state index in [1.165, 1.54) is 6.20 Å². The van der Waals surface area contributed by atoms with Gasteiger partial charge in [0.25, 0.3) is 0 Å². The summed E-state index contributed by atoms with van der Waals surface area (Å²) in [7, 11) is 1.80. The number of carbonyl (C=O) groups is 1. The van der Waals surface area contributed by atoms with Gasteiger partial charge in [0.15, 0.2) is 13.5 Å². The molecule has 80 valence electrons. The molecule has 0 saturated heterocycles. The summed E-state index contributed by atoms with van der Waals surface area (Å²) in [4.78, 5) is 27.5. The van der Waals surface area contributed by atoms with Crippen LogP contribution in [0.15, 0.2) is 12.4 Å². The number of hydrogen-bond donors (Lipinski definition) is 0. The Morgan fingerprint density at radius 1 is 1.38 bits per heavy atom. The van der Waals surface area contributed by atoms with Gasteiger partial charge in [-0.3, -0.25) is 4.98 Å². The number of aromatic nitrogens is 4. The third-order valence-corrected chi connectivity index (χ3v) is 1.88. The smallest absolute Gasteiger partial charge is 0.376 e. The Kier molecular flexibility index (Phi) is 2.76. The summed E-state index contributed by atoms with van der Waals surface area (Å²) in [6.07, 6.45) is 3.08. The highest BCUT2D eigenvalue weighted by atomic mass is 16.5. The van der Waals surface area contributed by atoms with Crippen molar-refractivity contribution in [3.05, 3.63) is 18.2 Å². The zero-order valence-electron chi connectivity index (χ0n) is 8.97. The largest absolute Gasteiger partial charge is 0.460 e. The maximum atomic E-state index is 11.4. The normalized spacial score (nSPS) is 10.3. The van der Waals surface area contributed by atoms with Crippen LogP contribution in [0, 0.1) is 0 Å². The van der Waals surface area contributed by atoms with Crippen molar-refractivity contribution in [2.24, 2.45) is 0 Å². The molecule has 0 radical (unpaired) electrons. The summed E-state index contributed by atoms with van der Waals surface area (Å²) < 4.78 is 4.79. The van der Waals surface area contributed by atoms with Crippen molar-refractivity contribution in [2.45, 2.75) is 6.92 Å². The predicted molar refractivity (Wildman–Crippen MR) is 59.3 cm³/mol. The van der Waals surface area contributed by atoms with Crippen LogP contribution >= 0.6 is 0 Å². The van der Waals surface area contributed by atoms with Crippen LogP contribution in [0.3, 0.4) is 0 Å². The average molecular weight is 216 g/mol. The van der Waals surface area contributed by atoms with Gasteiger partial charge >= 0.3 is 5.97 Å². The van der Waals surface area contributed by atoms with Crippen molar-refractivity contribution in [3.8, 4) is 0 Å². The Morgan fingerprint density at radius 2 is 2.19 bits per heavy atom. The van der Waals surface area contributed by atoms with Gasteiger partial charge in [0, 0.05) is 11.8 Å². The first-order chi connectivity index (χ1) is 7.70. The van der Waals surface area contributed by atoms with E-state index >= 15 is 0 Å². The molecule has 0 aliphatic heterocycles. The van der Waals surface area contributed by atoms with E-state index in [-0.39, 0.29) is 5.82 Å². The van der Waals surface area contributed by atoms with Gasteiger partial charge in [-0.15, -0.1) is 0 Å². The van der Waals surface area contributed by atoms with Gasteiger partial charge in [0.2, 0.25) is 5.82 Å². The number of fused-ring (bicyclic) bond motifs is 1. The summed E-state index contributed by atoms with van der Waals surface area (Å²) in [5, 5.41) is 0. The second kappa shape index (κ2) is 4.22. The molecule has 2 aromatic heterocycles. The molecule has 6 nitrogen and oxygen atoms in total. The topological polar surface area (TPSA) is 77.9 Å². The van der Waals surface area contributed by atoms with Crippen molar-refractivity contribution in [3.63, 3.8) is 0 Å². The minimum absolute atomic E-state index is 0.00856. The van der Waals surface area contributed by atoms with Crippen LogP contribution < -0.4 is 5.59 Å². The monoisotopic (exact) mass is 216 g/mol. The van der Waals surface area contributed by atoms with Gasteiger partial charge in [-0.05, 0) is 6.92 Å². The molecule has 0 spiro atoms. The van der Waals surface area contributed by atoms with E-state index in [1.54, 1.807) is 21.0 Å². The Hall–Kier alpha value is -2.05. The second-order valence-electron chi connectivity index (χ2n) is 3.13. The van der Waals surface area contributed by atoms with Crippen LogP contribution in [0.5, 0.6) is 0 Å². The lowest BCUT2D eigenvalue weighted by Crippen LogP contribution is -2.13. The molecule has 0 aliphatic rings. The summed E-state index contributed by atoms with van der Waals surface area (Å²) in [5.74, 6) is -0.540. The maximum absolute atomic E-state index is 11.4. The fourth-order valence-electron chi connectivity index (χ4n) is 1.19. The van der Waals surface area contributed by atoms with Crippen molar-refractivity contribution >= 4 is 30.6 Å². The second-order valence-corrected chi connectivity index (χ2v) is 3.13. The minimum atomic E-state index is -0.548. The molecule has 0 N–H and O–H groups in total. The first-order valence-electron chi connectivity index (χ1n) is 4.84. The van der Waals surface area contributed by atoms with Crippen LogP contribution in [0.4, 0.5) is 0 Å². The van der Waals surface area contributed by atoms with Crippen molar-refractivity contribution in [1.29, 1.82) is 0 Å². The van der Waals surface area contributed by atoms with Crippen LogP contribution in [0.1, 0.15) is 17.5 Å². The Labute approximate surface area is 92.5 Å². The van der Waals surface area contributed by atoms with Gasteiger partial charge in [-0.25, -0.2) is 19.7 Å². The van der Waals surface area contributed by atoms with E-state index in [2.05, 4.69) is 19.9 Å². The molecule has 0 atom stereocenters. The van der Waals surface area contributed by atoms with E-state index in [9.17, 15) is 4.79 Å². The zero-order valence-corrected chi connectivity index (χ0v) is 8.97. The first-order valence-corrected chi connectivity index (χ1v) is 4.84. The lowest BCUT2D eigenvalue weighted by Gasteiger charge is -2.01. The summed E-state index contributed by atoms with van der Waals surface area (Å²) >= 11 is 0. The molecule has 0 fully saturated rings. The Bertz CT molecular complexity index is 546. The number of nitrogens with zero attached hydrogens (tertiary/aromatic N) is 4. The van der Waals surface area contributed by atoms with Crippen LogP contribution in [-0.4, -0.2) is 40.4 Å². The summed E-state index contributed by atoms with van der Waals surface area (Å²) in [6, 6.07) is 0. The molecule has 2 heterocycles. The van der Waals surface area contributed by atoms with Crippen LogP contribution in [0.25, 0.3) is 11.2 Å². The standard InChI is InChI=1S/C9H9BN4O2/c1-2-16-9(15)8-12-3-5-7(14-8)13-6(10)4-11-5/h3-4H,2,10H2,1H3. The lowest BCUT2D eigenvalue weighted by atomic mass is 10.1. The molecule has 0 bridgehead atoms. The van der Waals surface area contributed by atoms with Crippen LogP contribution in [-0.2, 0) is 4.74 Å². The number of carbonyl (C=O) groups excluding carboxylic acids is 1. The van der Waals surface area contributed by atoms with E-state index in [0.29, 0.717) is 17.8 Å². The molecule has 0 amide bonds. The van der Waals surface area contributed by atoms with Crippen molar-refractivity contribution < 1.29 is 9.53 Å². The number of ether oxygens (including phenoxy) is 1. The highest BCUT2D eigenvalue weighted by Gasteiger charge is 2.11. The molecular formula is C9H9BN4O2. The average Bonchev–Trinajstić information content (AvgIpc) is 2.28. The van der Waals surface area contributed by atoms with Crippen LogP contribution in [0.2, 0.25) is 0 Å². The van der Waals surface area contributed by atoms with Gasteiger partial charge in [-0.2, -0.15) is 0 Å². The minimum Gasteiger partial charge on any atom is -0.460 e. The zero-order chi connectivity index (χ0) is 11.5. The third kappa shape index (κ3) is 1.97. The molecular weight excluding hydrogens is 207 g/mol. The lowest BCUT2D eigenvalue weighted by molar-refractivity contribution is 0.0512. The highest BCUT2D eigenvalue weighted by molar-refractivity contribution is 6.30. The predicted octanol–water partition coefficient (Wildman–Crippen LogP) is -1.15. The van der Waals surface area contributed by atoms with Gasteiger partial charge < -0.3 is 4.74 Å². The molecule has 2 rings (SSSR count). The summed E-state index contributed by atoms with van der Waals surface area (Å²) in [6.45, 7) is 2.02. The number of rotatable bonds is 2. The molecule has 2 aromatic rings. The number of hydrogen-bond acceptors (Lipinski definition) is 6. The van der Waals surface area contributed by atoms with E-state index in [4.69, 9.17) is 4.74 Å². The maximum Gasteiger partial charge on any atom is 0.376 e. The SMILES string of the molecule is Bc1cnc2cnc(C(=O)OCC)nc2n1. The molecule has 7 heteroatoms. The Morgan fingerprint density at radius 3 is 2.94 bits per heavy atom. The summed E-state index contributed by atoms with van der Waals surface area (Å²) in [5.41, 5.74) is 1.69. The number of esters is 1. The van der Waals surface area contributed by atoms with E-state index in [1.807, 2.05) is 0 Å². The molecule has 0 aromatic carbocycles. The fourth-order valence-corrected chi connectivity index (χ4v) is 1.19. The first kappa shape index (κ1) is 10.5. The van der Waals surface area contributed by atoms with Gasteiger partial charge in [-0.1, -0.05) is 0 Å².